The van der Waals surface area contributed by atoms with E-state index in [9.17, 15) is 27.9 Å². The second kappa shape index (κ2) is 9.08. The van der Waals surface area contributed by atoms with Gasteiger partial charge in [0.25, 0.3) is 5.91 Å². The van der Waals surface area contributed by atoms with E-state index in [2.05, 4.69) is 20.1 Å². The molecule has 0 saturated heterocycles. The number of anilines is 1. The number of amides is 1. The summed E-state index contributed by atoms with van der Waals surface area (Å²) in [6.07, 6.45) is 0.784. The molecule has 1 aliphatic rings. The number of carbonyl (C=O) groups excluding carboxylic acids is 2. The van der Waals surface area contributed by atoms with Crippen molar-refractivity contribution in [3.63, 3.8) is 0 Å². The van der Waals surface area contributed by atoms with Gasteiger partial charge in [0.15, 0.2) is 0 Å². The molecule has 1 aromatic carbocycles. The lowest BCUT2D eigenvalue weighted by molar-refractivity contribution is -0.204. The quantitative estimate of drug-likeness (QED) is 0.647. The van der Waals surface area contributed by atoms with Gasteiger partial charge in [-0.05, 0) is 37.8 Å². The maximum Gasteiger partial charge on any atom is 0.493 e. The van der Waals surface area contributed by atoms with Crippen molar-refractivity contribution in [2.75, 3.05) is 5.32 Å². The number of nitrogens with one attached hydrogen (secondary N) is 2. The summed E-state index contributed by atoms with van der Waals surface area (Å²) in [5, 5.41) is 12.9. The molecule has 3 rings (SSSR count). The second-order valence-corrected chi connectivity index (χ2v) is 6.84. The number of hydrogen-bond acceptors (Lipinski definition) is 7. The maximum atomic E-state index is 12.1. The Morgan fingerprint density at radius 2 is 1.73 bits per heavy atom. The third-order valence-corrected chi connectivity index (χ3v) is 4.59. The lowest BCUT2D eigenvalue weighted by atomic mass is 9.93. The third kappa shape index (κ3) is 5.66. The summed E-state index contributed by atoms with van der Waals surface area (Å²) < 4.78 is 36.3. The number of carbonyl (C=O) groups is 2. The van der Waals surface area contributed by atoms with Crippen LogP contribution in [0.3, 0.4) is 0 Å². The van der Waals surface area contributed by atoms with E-state index in [1.165, 1.54) is 23.8 Å². The molecule has 2 aromatic rings. The largest absolute Gasteiger partial charge is 0.493 e. The predicted molar refractivity (Wildman–Crippen MR) is 99.0 cm³/mol. The molecule has 8 nitrogen and oxygen atoms in total. The molecule has 0 spiro atoms. The first-order chi connectivity index (χ1) is 14.2. The average molecular weight is 424 g/mol. The van der Waals surface area contributed by atoms with Crippen molar-refractivity contribution in [3.8, 4) is 11.3 Å². The van der Waals surface area contributed by atoms with Gasteiger partial charge in [-0.15, -0.1) is 0 Å². The highest BCUT2D eigenvalue weighted by Crippen LogP contribution is 2.23. The van der Waals surface area contributed by atoms with Gasteiger partial charge in [0.2, 0.25) is 0 Å². The van der Waals surface area contributed by atoms with Crippen LogP contribution in [0.5, 0.6) is 0 Å². The molecule has 0 radical (unpaired) electrons. The number of aromatic nitrogens is 2. The molecule has 1 heterocycles. The molecule has 0 atom stereocenters. The van der Waals surface area contributed by atoms with Crippen LogP contribution in [0, 0.1) is 0 Å². The lowest BCUT2D eigenvalue weighted by Gasteiger charge is -2.26. The van der Waals surface area contributed by atoms with Gasteiger partial charge in [-0.3, -0.25) is 9.78 Å². The van der Waals surface area contributed by atoms with E-state index in [1.807, 2.05) is 0 Å². The van der Waals surface area contributed by atoms with Crippen LogP contribution in [-0.4, -0.2) is 45.3 Å². The topological polar surface area (TPSA) is 113 Å². The van der Waals surface area contributed by atoms with Crippen LogP contribution >= 0.6 is 0 Å². The number of nitrogens with zero attached hydrogens (tertiary/aromatic N) is 2. The number of rotatable bonds is 4. The zero-order valence-electron chi connectivity index (χ0n) is 15.6. The first-order valence-corrected chi connectivity index (χ1v) is 9.18. The van der Waals surface area contributed by atoms with E-state index >= 15 is 0 Å². The van der Waals surface area contributed by atoms with Gasteiger partial charge in [0, 0.05) is 17.2 Å². The molecule has 1 saturated carbocycles. The molecule has 1 amide bonds. The van der Waals surface area contributed by atoms with Gasteiger partial charge in [0.1, 0.15) is 5.82 Å². The predicted octanol–water partition coefficient (Wildman–Crippen LogP) is 2.61. The van der Waals surface area contributed by atoms with Crippen LogP contribution in [0.15, 0.2) is 36.7 Å². The maximum absolute atomic E-state index is 12.1. The molecule has 160 valence electrons. The number of alkyl halides is 3. The minimum atomic E-state index is -5.20. The van der Waals surface area contributed by atoms with Gasteiger partial charge < -0.3 is 15.3 Å². The number of benzene rings is 1. The number of aliphatic hydroxyl groups is 1. The molecule has 1 aromatic heterocycles. The van der Waals surface area contributed by atoms with Crippen LogP contribution < -0.4 is 10.8 Å². The Hall–Kier alpha value is -3.21. The zero-order valence-corrected chi connectivity index (χ0v) is 15.6. The number of hydrogen-bond donors (Lipinski definition) is 3. The van der Waals surface area contributed by atoms with E-state index in [0.717, 1.165) is 25.7 Å². The highest BCUT2D eigenvalue weighted by atomic mass is 19.4. The average Bonchev–Trinajstić information content (AvgIpc) is 2.73. The van der Waals surface area contributed by atoms with Crippen LogP contribution in [0.4, 0.5) is 19.0 Å². The minimum Gasteiger partial charge on any atom is -0.393 e. The molecule has 1 aliphatic carbocycles. The Morgan fingerprint density at radius 1 is 1.07 bits per heavy atom. The summed E-state index contributed by atoms with van der Waals surface area (Å²) in [6.45, 7) is 0. The van der Waals surface area contributed by atoms with E-state index in [1.54, 1.807) is 18.3 Å². The SMILES string of the molecule is O=C(NOC(=O)C(F)(F)F)c1ccc(-c2cncc(NC3CCC(O)CC3)n2)cc1. The van der Waals surface area contributed by atoms with Crippen LogP contribution in [0.1, 0.15) is 36.0 Å². The van der Waals surface area contributed by atoms with Gasteiger partial charge in [-0.2, -0.15) is 18.7 Å². The Morgan fingerprint density at radius 3 is 2.37 bits per heavy atom. The summed E-state index contributed by atoms with van der Waals surface area (Å²) in [5.74, 6) is -2.94. The summed E-state index contributed by atoms with van der Waals surface area (Å²) in [5.41, 5.74) is 2.62. The molecule has 0 aliphatic heterocycles. The Bertz CT molecular complexity index is 897. The van der Waals surface area contributed by atoms with E-state index in [4.69, 9.17) is 0 Å². The van der Waals surface area contributed by atoms with Crippen LogP contribution in [0.25, 0.3) is 11.3 Å². The van der Waals surface area contributed by atoms with Gasteiger partial charge in [0.05, 0.1) is 24.2 Å². The van der Waals surface area contributed by atoms with Gasteiger partial charge in [-0.1, -0.05) is 12.1 Å². The normalized spacial score (nSPS) is 19.1. The Balaban J connectivity index is 1.62. The molecule has 1 fully saturated rings. The van der Waals surface area contributed by atoms with Crippen molar-refractivity contribution in [1.29, 1.82) is 0 Å². The monoisotopic (exact) mass is 424 g/mol. The van der Waals surface area contributed by atoms with Gasteiger partial charge in [-0.25, -0.2) is 9.78 Å². The van der Waals surface area contributed by atoms with E-state index < -0.39 is 18.1 Å². The second-order valence-electron chi connectivity index (χ2n) is 6.84. The number of aliphatic hydroxyl groups excluding tert-OH is 1. The standard InChI is InChI=1S/C19H19F3N4O4/c20-19(21,22)18(29)30-26-17(28)12-3-1-11(2-4-12)15-9-23-10-16(25-15)24-13-5-7-14(27)8-6-13/h1-4,9-10,13-14,27H,5-8H2,(H,24,25)(H,26,28). The molecule has 11 heteroatoms. The molecular formula is C19H19F3N4O4. The number of hydroxylamine groups is 1. The van der Waals surface area contributed by atoms with Crippen molar-refractivity contribution in [2.45, 2.75) is 44.0 Å². The first kappa shape index (κ1) is 21.5. The molecule has 30 heavy (non-hydrogen) atoms. The zero-order chi connectivity index (χ0) is 21.7. The van der Waals surface area contributed by atoms with Crippen molar-refractivity contribution >= 4 is 17.7 Å². The van der Waals surface area contributed by atoms with Crippen molar-refractivity contribution < 1.29 is 32.7 Å². The fourth-order valence-electron chi connectivity index (χ4n) is 3.01. The summed E-state index contributed by atoms with van der Waals surface area (Å²) >= 11 is 0. The molecule has 0 bridgehead atoms. The van der Waals surface area contributed by atoms with Gasteiger partial charge >= 0.3 is 12.1 Å². The van der Waals surface area contributed by atoms with Crippen LogP contribution in [-0.2, 0) is 9.63 Å². The first-order valence-electron chi connectivity index (χ1n) is 9.18. The third-order valence-electron chi connectivity index (χ3n) is 4.59. The lowest BCUT2D eigenvalue weighted by Crippen LogP contribution is -2.34. The van der Waals surface area contributed by atoms with Crippen LogP contribution in [0.2, 0.25) is 0 Å². The van der Waals surface area contributed by atoms with Crippen molar-refractivity contribution in [1.82, 2.24) is 15.4 Å². The smallest absolute Gasteiger partial charge is 0.393 e. The Labute approximate surface area is 169 Å². The van der Waals surface area contributed by atoms with E-state index in [-0.39, 0.29) is 17.7 Å². The fraction of sp³-hybridized carbons (Fsp3) is 0.368. The van der Waals surface area contributed by atoms with Crippen molar-refractivity contribution in [2.24, 2.45) is 0 Å². The highest BCUT2D eigenvalue weighted by molar-refractivity contribution is 5.94. The summed E-state index contributed by atoms with van der Waals surface area (Å²) in [7, 11) is 0. The highest BCUT2D eigenvalue weighted by Gasteiger charge is 2.42. The molecule has 3 N–H and O–H groups in total. The number of halogens is 3. The summed E-state index contributed by atoms with van der Waals surface area (Å²) in [4.78, 5) is 34.8. The Kier molecular flexibility index (Phi) is 6.50. The minimum absolute atomic E-state index is 0.00303. The molecule has 0 unspecified atom stereocenters. The molecular weight excluding hydrogens is 405 g/mol. The van der Waals surface area contributed by atoms with E-state index in [0.29, 0.717) is 17.1 Å². The summed E-state index contributed by atoms with van der Waals surface area (Å²) in [6, 6.07) is 6.01. The fourth-order valence-corrected chi connectivity index (χ4v) is 3.01. The van der Waals surface area contributed by atoms with Crippen molar-refractivity contribution in [3.05, 3.63) is 42.2 Å².